The van der Waals surface area contributed by atoms with Crippen LogP contribution in [-0.2, 0) is 17.9 Å². The molecule has 23 heavy (non-hydrogen) atoms. The van der Waals surface area contributed by atoms with Gasteiger partial charge in [-0.1, -0.05) is 6.07 Å². The predicted molar refractivity (Wildman–Crippen MR) is 97.5 cm³/mol. The first-order valence-electron chi connectivity index (χ1n) is 7.98. The molecule has 0 aliphatic heterocycles. The molecule has 130 valence electrons. The molecule has 1 aromatic carbocycles. The Morgan fingerprint density at radius 2 is 2.13 bits per heavy atom. The van der Waals surface area contributed by atoms with Crippen LogP contribution in [0.1, 0.15) is 30.9 Å². The van der Waals surface area contributed by atoms with E-state index in [-0.39, 0.29) is 12.4 Å². The van der Waals surface area contributed by atoms with Crippen LogP contribution in [0.4, 0.5) is 4.39 Å². The summed E-state index contributed by atoms with van der Waals surface area (Å²) in [5.74, 6) is 1.75. The number of hydrogen-bond donors (Lipinski definition) is 2. The molecule has 0 aromatic heterocycles. The smallest absolute Gasteiger partial charge is 0.191 e. The summed E-state index contributed by atoms with van der Waals surface area (Å²) < 4.78 is 18.6. The third-order valence-electron chi connectivity index (χ3n) is 3.24. The topological polar surface area (TPSA) is 45.7 Å². The van der Waals surface area contributed by atoms with Crippen LogP contribution in [0.2, 0.25) is 0 Å². The summed E-state index contributed by atoms with van der Waals surface area (Å²) in [6.45, 7) is 4.55. The maximum absolute atomic E-state index is 13.6. The highest BCUT2D eigenvalue weighted by Gasteiger charge is 2.04. The number of guanidine groups is 1. The molecular formula is C17H28FN3OS. The van der Waals surface area contributed by atoms with Crippen LogP contribution in [0.15, 0.2) is 23.2 Å². The molecule has 0 fully saturated rings. The summed E-state index contributed by atoms with van der Waals surface area (Å²) >= 11 is 1.87. The minimum absolute atomic E-state index is 0.238. The van der Waals surface area contributed by atoms with Gasteiger partial charge in [0, 0.05) is 25.8 Å². The van der Waals surface area contributed by atoms with Gasteiger partial charge in [0.1, 0.15) is 5.82 Å². The third kappa shape index (κ3) is 8.23. The van der Waals surface area contributed by atoms with Gasteiger partial charge < -0.3 is 15.4 Å². The summed E-state index contributed by atoms with van der Waals surface area (Å²) in [6, 6.07) is 5.05. The Morgan fingerprint density at radius 1 is 1.30 bits per heavy atom. The number of thioether (sulfide) groups is 1. The van der Waals surface area contributed by atoms with E-state index in [0.29, 0.717) is 12.1 Å². The molecular weight excluding hydrogens is 313 g/mol. The van der Waals surface area contributed by atoms with Crippen LogP contribution in [0.25, 0.3) is 0 Å². The van der Waals surface area contributed by atoms with E-state index in [1.54, 1.807) is 13.2 Å². The fourth-order valence-electron chi connectivity index (χ4n) is 2.08. The molecule has 0 amide bonds. The van der Waals surface area contributed by atoms with Crippen molar-refractivity contribution >= 4 is 17.7 Å². The van der Waals surface area contributed by atoms with Crippen molar-refractivity contribution in [2.45, 2.75) is 32.9 Å². The second kappa shape index (κ2) is 12.2. The van der Waals surface area contributed by atoms with Crippen LogP contribution in [0.3, 0.4) is 0 Å². The second-order valence-electron chi connectivity index (χ2n) is 5.18. The standard InChI is InChI=1S/C17H28FN3OS/c1-4-19-17(20-9-5-6-10-23-3)21-12-14-7-8-16(18)15(11-14)13-22-2/h7-8,11H,4-6,9-10,12-13H2,1-3H3,(H2,19,20,21). The van der Waals surface area contributed by atoms with E-state index in [1.165, 1.54) is 18.2 Å². The average Bonchev–Trinajstić information content (AvgIpc) is 2.55. The number of methoxy groups -OCH3 is 1. The summed E-state index contributed by atoms with van der Waals surface area (Å²) in [7, 11) is 1.56. The zero-order valence-electron chi connectivity index (χ0n) is 14.3. The molecule has 2 N–H and O–H groups in total. The largest absolute Gasteiger partial charge is 0.380 e. The number of unbranched alkanes of at least 4 members (excludes halogenated alkanes) is 1. The van der Waals surface area contributed by atoms with Gasteiger partial charge in [-0.15, -0.1) is 0 Å². The molecule has 0 atom stereocenters. The quantitative estimate of drug-likeness (QED) is 0.390. The predicted octanol–water partition coefficient (Wildman–Crippen LogP) is 3.17. The van der Waals surface area contributed by atoms with Crippen LogP contribution >= 0.6 is 11.8 Å². The summed E-state index contributed by atoms with van der Waals surface area (Å²) in [5, 5.41) is 6.56. The van der Waals surface area contributed by atoms with E-state index >= 15 is 0 Å². The van der Waals surface area contributed by atoms with E-state index in [0.717, 1.165) is 31.0 Å². The van der Waals surface area contributed by atoms with Gasteiger partial charge in [0.15, 0.2) is 5.96 Å². The molecule has 0 bridgehead atoms. The van der Waals surface area contributed by atoms with E-state index in [1.807, 2.05) is 24.8 Å². The molecule has 1 rings (SSSR count). The minimum atomic E-state index is -0.238. The molecule has 0 radical (unpaired) electrons. The number of hydrogen-bond acceptors (Lipinski definition) is 3. The Labute approximate surface area is 143 Å². The van der Waals surface area contributed by atoms with Gasteiger partial charge >= 0.3 is 0 Å². The lowest BCUT2D eigenvalue weighted by atomic mass is 10.1. The molecule has 0 unspecified atom stereocenters. The first kappa shape index (κ1) is 19.8. The molecule has 0 saturated heterocycles. The van der Waals surface area contributed by atoms with Gasteiger partial charge in [-0.25, -0.2) is 9.38 Å². The van der Waals surface area contributed by atoms with Crippen molar-refractivity contribution in [1.29, 1.82) is 0 Å². The minimum Gasteiger partial charge on any atom is -0.380 e. The highest BCUT2D eigenvalue weighted by atomic mass is 32.2. The number of nitrogens with one attached hydrogen (secondary N) is 2. The van der Waals surface area contributed by atoms with Crippen molar-refractivity contribution in [1.82, 2.24) is 10.6 Å². The van der Waals surface area contributed by atoms with Crippen molar-refractivity contribution in [2.75, 3.05) is 32.2 Å². The Balaban J connectivity index is 2.57. The Hall–Kier alpha value is -1.27. The van der Waals surface area contributed by atoms with Crippen LogP contribution in [0, 0.1) is 5.82 Å². The van der Waals surface area contributed by atoms with Gasteiger partial charge in [0.2, 0.25) is 0 Å². The van der Waals surface area contributed by atoms with Gasteiger partial charge in [0.25, 0.3) is 0 Å². The van der Waals surface area contributed by atoms with E-state index < -0.39 is 0 Å². The maximum Gasteiger partial charge on any atom is 0.191 e. The van der Waals surface area contributed by atoms with Crippen molar-refractivity contribution in [3.05, 3.63) is 35.1 Å². The third-order valence-corrected chi connectivity index (χ3v) is 3.94. The summed E-state index contributed by atoms with van der Waals surface area (Å²) in [5.41, 5.74) is 1.54. The number of halogens is 1. The lowest BCUT2D eigenvalue weighted by Crippen LogP contribution is -2.37. The summed E-state index contributed by atoms with van der Waals surface area (Å²) in [6.07, 6.45) is 4.45. The molecule has 0 aliphatic rings. The van der Waals surface area contributed by atoms with Gasteiger partial charge in [-0.3, -0.25) is 0 Å². The monoisotopic (exact) mass is 341 g/mol. The van der Waals surface area contributed by atoms with Crippen molar-refractivity contribution in [3.8, 4) is 0 Å². The zero-order chi connectivity index (χ0) is 16.9. The van der Waals surface area contributed by atoms with E-state index in [4.69, 9.17) is 4.74 Å². The number of rotatable bonds is 10. The molecule has 0 heterocycles. The van der Waals surface area contributed by atoms with Gasteiger partial charge in [-0.05, 0) is 49.5 Å². The first-order valence-corrected chi connectivity index (χ1v) is 9.38. The number of benzene rings is 1. The molecule has 1 aromatic rings. The number of ether oxygens (including phenoxy) is 1. The van der Waals surface area contributed by atoms with Crippen LogP contribution in [0.5, 0.6) is 0 Å². The molecule has 4 nitrogen and oxygen atoms in total. The fraction of sp³-hybridized carbons (Fsp3) is 0.588. The van der Waals surface area contributed by atoms with Gasteiger partial charge in [-0.2, -0.15) is 11.8 Å². The molecule has 0 spiro atoms. The molecule has 6 heteroatoms. The second-order valence-corrected chi connectivity index (χ2v) is 6.17. The fourth-order valence-corrected chi connectivity index (χ4v) is 2.58. The van der Waals surface area contributed by atoms with Gasteiger partial charge in [0.05, 0.1) is 13.2 Å². The average molecular weight is 341 g/mol. The van der Waals surface area contributed by atoms with Crippen molar-refractivity contribution < 1.29 is 9.13 Å². The normalized spacial score (nSPS) is 11.6. The molecule has 0 saturated carbocycles. The Kier molecular flexibility index (Phi) is 10.5. The van der Waals surface area contributed by atoms with E-state index in [2.05, 4.69) is 21.9 Å². The van der Waals surface area contributed by atoms with Crippen LogP contribution < -0.4 is 10.6 Å². The van der Waals surface area contributed by atoms with E-state index in [9.17, 15) is 4.39 Å². The highest BCUT2D eigenvalue weighted by Crippen LogP contribution is 2.12. The highest BCUT2D eigenvalue weighted by molar-refractivity contribution is 7.98. The first-order chi connectivity index (χ1) is 11.2. The van der Waals surface area contributed by atoms with Crippen molar-refractivity contribution in [3.63, 3.8) is 0 Å². The lowest BCUT2D eigenvalue weighted by Gasteiger charge is -2.11. The summed E-state index contributed by atoms with van der Waals surface area (Å²) in [4.78, 5) is 4.56. The number of aliphatic imine (C=N–C) groups is 1. The molecule has 0 aliphatic carbocycles. The Morgan fingerprint density at radius 3 is 2.83 bits per heavy atom. The van der Waals surface area contributed by atoms with Crippen molar-refractivity contribution in [2.24, 2.45) is 4.99 Å². The maximum atomic E-state index is 13.6. The lowest BCUT2D eigenvalue weighted by molar-refractivity contribution is 0.181. The van der Waals surface area contributed by atoms with Crippen LogP contribution in [-0.4, -0.2) is 38.2 Å². The zero-order valence-corrected chi connectivity index (χ0v) is 15.1. The Bertz CT molecular complexity index is 483. The number of nitrogens with zero attached hydrogens (tertiary/aromatic N) is 1. The SMILES string of the molecule is CCNC(=NCc1ccc(F)c(COC)c1)NCCCCSC.